The lowest BCUT2D eigenvalue weighted by atomic mass is 9.75. The highest BCUT2D eigenvalue weighted by Gasteiger charge is 2.59. The van der Waals surface area contributed by atoms with Gasteiger partial charge in [0.1, 0.15) is 17.6 Å². The first-order valence-corrected chi connectivity index (χ1v) is 10.6. The first-order valence-electron chi connectivity index (χ1n) is 10.6. The van der Waals surface area contributed by atoms with Crippen molar-refractivity contribution in [3.63, 3.8) is 0 Å². The molecule has 1 spiro atoms. The second kappa shape index (κ2) is 7.71. The van der Waals surface area contributed by atoms with Crippen LogP contribution in [0.5, 0.6) is 0 Å². The average Bonchev–Trinajstić information content (AvgIpc) is 3.26. The van der Waals surface area contributed by atoms with Crippen molar-refractivity contribution in [1.82, 2.24) is 10.3 Å². The summed E-state index contributed by atoms with van der Waals surface area (Å²) >= 11 is 0. The normalized spacial score (nSPS) is 34.7. The number of carbonyl (C=O) groups is 1. The lowest BCUT2D eigenvalue weighted by Gasteiger charge is -2.34. The van der Waals surface area contributed by atoms with E-state index in [1.807, 2.05) is 30.4 Å². The number of aliphatic hydroxyl groups is 1. The number of alkyl carbamates (subject to hydrolysis) is 1. The molecule has 0 bridgehead atoms. The molecule has 0 radical (unpaired) electrons. The number of nitrogens with zero attached hydrogens (tertiary/aromatic N) is 1. The summed E-state index contributed by atoms with van der Waals surface area (Å²) in [6.07, 6.45) is 4.11. The first kappa shape index (κ1) is 20.1. The number of hydrogen-bond acceptors (Lipinski definition) is 4. The predicted octanol–water partition coefficient (Wildman–Crippen LogP) is 4.12. The standard InChI is InChI=1S/C24H24F2N2O3/c25-17-3-1-2-14(8-17)15-4-5-18(27-12-15)6-7-20-19-10-21(26)22(29)9-16(19)11-24(20)13-28-23(30)31-24/h1-8,12,16,19-22,29H,9-11,13H2,(H,28,30)/t16-,19+,20-,21-,22-,24?/m0/s1. The van der Waals surface area contributed by atoms with E-state index in [1.54, 1.807) is 12.3 Å². The molecule has 5 nitrogen and oxygen atoms in total. The fourth-order valence-electron chi connectivity index (χ4n) is 5.53. The Labute approximate surface area is 179 Å². The van der Waals surface area contributed by atoms with Crippen LogP contribution in [0, 0.1) is 23.6 Å². The van der Waals surface area contributed by atoms with E-state index < -0.39 is 24.0 Å². The summed E-state index contributed by atoms with van der Waals surface area (Å²) in [4.78, 5) is 16.3. The summed E-state index contributed by atoms with van der Waals surface area (Å²) in [6, 6.07) is 10.1. The molecule has 2 heterocycles. The van der Waals surface area contributed by atoms with E-state index in [2.05, 4.69) is 10.3 Å². The van der Waals surface area contributed by atoms with Crippen LogP contribution < -0.4 is 5.32 Å². The highest BCUT2D eigenvalue weighted by atomic mass is 19.1. The Bertz CT molecular complexity index is 1010. The molecule has 1 amide bonds. The van der Waals surface area contributed by atoms with Crippen LogP contribution in [0.1, 0.15) is 25.0 Å². The molecular formula is C24H24F2N2O3. The van der Waals surface area contributed by atoms with Crippen LogP contribution in [-0.2, 0) is 4.74 Å². The number of aromatic nitrogens is 1. The minimum Gasteiger partial charge on any atom is -0.440 e. The summed E-state index contributed by atoms with van der Waals surface area (Å²) in [6.45, 7) is 0.382. The highest BCUT2D eigenvalue weighted by molar-refractivity contribution is 5.70. The van der Waals surface area contributed by atoms with Gasteiger partial charge in [0.15, 0.2) is 0 Å². The molecule has 1 aromatic carbocycles. The van der Waals surface area contributed by atoms with E-state index in [0.29, 0.717) is 25.1 Å². The van der Waals surface area contributed by atoms with Crippen LogP contribution in [0.25, 0.3) is 17.2 Å². The van der Waals surface area contributed by atoms with Crippen LogP contribution in [-0.4, -0.2) is 40.6 Å². The van der Waals surface area contributed by atoms with Gasteiger partial charge >= 0.3 is 6.09 Å². The number of amides is 1. The number of alkyl halides is 1. The smallest absolute Gasteiger partial charge is 0.407 e. The molecule has 6 atom stereocenters. The summed E-state index contributed by atoms with van der Waals surface area (Å²) < 4.78 is 33.5. The monoisotopic (exact) mass is 426 g/mol. The molecule has 31 heavy (non-hydrogen) atoms. The molecule has 1 aliphatic heterocycles. The largest absolute Gasteiger partial charge is 0.440 e. The Morgan fingerprint density at radius 3 is 2.81 bits per heavy atom. The lowest BCUT2D eigenvalue weighted by molar-refractivity contribution is -0.00236. The van der Waals surface area contributed by atoms with E-state index in [1.165, 1.54) is 12.1 Å². The number of benzene rings is 1. The maximum Gasteiger partial charge on any atom is 0.407 e. The van der Waals surface area contributed by atoms with Gasteiger partial charge in [-0.15, -0.1) is 0 Å². The van der Waals surface area contributed by atoms with E-state index in [9.17, 15) is 18.7 Å². The van der Waals surface area contributed by atoms with Gasteiger partial charge in [0.25, 0.3) is 0 Å². The number of aliphatic hydroxyl groups excluding tert-OH is 1. The van der Waals surface area contributed by atoms with Gasteiger partial charge in [-0.3, -0.25) is 4.98 Å². The Morgan fingerprint density at radius 2 is 2.10 bits per heavy atom. The molecule has 2 aliphatic carbocycles. The van der Waals surface area contributed by atoms with E-state index in [0.717, 1.165) is 11.1 Å². The third-order valence-corrected chi connectivity index (χ3v) is 6.99. The van der Waals surface area contributed by atoms with Gasteiger partial charge in [0, 0.05) is 17.7 Å². The fraction of sp³-hybridized carbons (Fsp3) is 0.417. The summed E-state index contributed by atoms with van der Waals surface area (Å²) in [7, 11) is 0. The molecular weight excluding hydrogens is 402 g/mol. The zero-order valence-electron chi connectivity index (χ0n) is 16.9. The topological polar surface area (TPSA) is 71.5 Å². The molecule has 2 N–H and O–H groups in total. The zero-order valence-corrected chi connectivity index (χ0v) is 16.9. The van der Waals surface area contributed by atoms with Crippen molar-refractivity contribution >= 4 is 12.2 Å². The predicted molar refractivity (Wildman–Crippen MR) is 111 cm³/mol. The molecule has 5 rings (SSSR count). The highest BCUT2D eigenvalue weighted by Crippen LogP contribution is 2.54. The van der Waals surface area contributed by atoms with Crippen molar-refractivity contribution in [1.29, 1.82) is 0 Å². The molecule has 2 saturated carbocycles. The van der Waals surface area contributed by atoms with Crippen LogP contribution in [0.4, 0.5) is 13.6 Å². The number of carbonyl (C=O) groups excluding carboxylic acids is 1. The number of pyridine rings is 1. The SMILES string of the molecule is O=C1NCC2(C[C@@H]3C[C@H](O)[C@@H](F)C[C@H]3[C@@H]2C=Cc2ccc(-c3cccc(F)c3)cn2)O1. The third kappa shape index (κ3) is 3.71. The Balaban J connectivity index is 1.39. The number of rotatable bonds is 3. The van der Waals surface area contributed by atoms with Crippen molar-refractivity contribution in [2.45, 2.75) is 37.1 Å². The third-order valence-electron chi connectivity index (χ3n) is 6.99. The summed E-state index contributed by atoms with van der Waals surface area (Å²) in [5, 5.41) is 12.7. The Morgan fingerprint density at radius 1 is 1.23 bits per heavy atom. The zero-order chi connectivity index (χ0) is 21.6. The van der Waals surface area contributed by atoms with Gasteiger partial charge in [-0.05, 0) is 60.9 Å². The number of halogens is 2. The maximum absolute atomic E-state index is 14.3. The van der Waals surface area contributed by atoms with E-state index in [-0.39, 0.29) is 30.0 Å². The minimum atomic E-state index is -1.26. The van der Waals surface area contributed by atoms with Gasteiger partial charge in [0.2, 0.25) is 0 Å². The van der Waals surface area contributed by atoms with Gasteiger partial charge in [-0.25, -0.2) is 13.6 Å². The van der Waals surface area contributed by atoms with E-state index >= 15 is 0 Å². The fourth-order valence-corrected chi connectivity index (χ4v) is 5.53. The second-order valence-corrected chi connectivity index (χ2v) is 8.86. The number of ether oxygens (including phenoxy) is 1. The molecule has 162 valence electrons. The summed E-state index contributed by atoms with van der Waals surface area (Å²) in [5.74, 6) is -0.362. The van der Waals surface area contributed by atoms with E-state index in [4.69, 9.17) is 4.74 Å². The van der Waals surface area contributed by atoms with Gasteiger partial charge in [-0.1, -0.05) is 24.3 Å². The van der Waals surface area contributed by atoms with Gasteiger partial charge < -0.3 is 15.2 Å². The quantitative estimate of drug-likeness (QED) is 0.775. The number of nitrogens with one attached hydrogen (secondary N) is 1. The molecule has 1 aromatic heterocycles. The lowest BCUT2D eigenvalue weighted by Crippen LogP contribution is -2.39. The van der Waals surface area contributed by atoms with Crippen LogP contribution >= 0.6 is 0 Å². The van der Waals surface area contributed by atoms with Gasteiger partial charge in [0.05, 0.1) is 18.3 Å². The van der Waals surface area contributed by atoms with Gasteiger partial charge in [-0.2, -0.15) is 0 Å². The van der Waals surface area contributed by atoms with Crippen molar-refractivity contribution in [3.8, 4) is 11.1 Å². The second-order valence-electron chi connectivity index (χ2n) is 8.86. The Hall–Kier alpha value is -2.80. The van der Waals surface area contributed by atoms with Crippen molar-refractivity contribution < 1.29 is 23.4 Å². The number of hydrogen-bond donors (Lipinski definition) is 2. The maximum atomic E-state index is 14.3. The Kier molecular flexibility index (Phi) is 5.01. The molecule has 1 saturated heterocycles. The van der Waals surface area contributed by atoms with Crippen molar-refractivity contribution in [2.75, 3.05) is 6.54 Å². The average molecular weight is 426 g/mol. The molecule has 7 heteroatoms. The minimum absolute atomic E-state index is 0.00563. The molecule has 1 unspecified atom stereocenters. The first-order chi connectivity index (χ1) is 14.9. The molecule has 3 fully saturated rings. The number of fused-ring (bicyclic) bond motifs is 1. The van der Waals surface area contributed by atoms with Crippen LogP contribution in [0.15, 0.2) is 48.7 Å². The van der Waals surface area contributed by atoms with Crippen LogP contribution in [0.2, 0.25) is 0 Å². The summed E-state index contributed by atoms with van der Waals surface area (Å²) in [5.41, 5.74) is 1.56. The van der Waals surface area contributed by atoms with Crippen molar-refractivity contribution in [3.05, 3.63) is 60.2 Å². The molecule has 3 aliphatic rings. The van der Waals surface area contributed by atoms with Crippen molar-refractivity contribution in [2.24, 2.45) is 17.8 Å². The van der Waals surface area contributed by atoms with Crippen LogP contribution in [0.3, 0.4) is 0 Å². The molecule has 2 aromatic rings.